The van der Waals surface area contributed by atoms with Crippen molar-refractivity contribution in [3.05, 3.63) is 12.7 Å². The van der Waals surface area contributed by atoms with Gasteiger partial charge in [0.05, 0.1) is 11.5 Å². The molecule has 9 heavy (non-hydrogen) atoms. The van der Waals surface area contributed by atoms with E-state index < -0.39 is 0 Å². The van der Waals surface area contributed by atoms with E-state index in [0.717, 1.165) is 19.3 Å². The van der Waals surface area contributed by atoms with Gasteiger partial charge in [-0.25, -0.2) is 0 Å². The summed E-state index contributed by atoms with van der Waals surface area (Å²) < 4.78 is 0. The van der Waals surface area contributed by atoms with Gasteiger partial charge >= 0.3 is 0 Å². The van der Waals surface area contributed by atoms with Crippen LogP contribution in [-0.4, -0.2) is 0 Å². The Morgan fingerprint density at radius 2 is 2.33 bits per heavy atom. The van der Waals surface area contributed by atoms with Crippen LogP contribution in [0.1, 0.15) is 25.7 Å². The molecule has 0 atom stereocenters. The van der Waals surface area contributed by atoms with Crippen molar-refractivity contribution in [2.75, 3.05) is 0 Å². The van der Waals surface area contributed by atoms with Gasteiger partial charge in [0.1, 0.15) is 0 Å². The van der Waals surface area contributed by atoms with Crippen LogP contribution in [0.4, 0.5) is 0 Å². The Bertz CT molecular complexity index is 148. The van der Waals surface area contributed by atoms with Crippen LogP contribution in [0.15, 0.2) is 12.7 Å². The molecule has 0 radical (unpaired) electrons. The average molecular weight is 121 g/mol. The summed E-state index contributed by atoms with van der Waals surface area (Å²) in [5, 5.41) is 8.67. The minimum Gasteiger partial charge on any atom is -0.198 e. The molecule has 0 bridgehead atoms. The number of rotatable bonds is 2. The Hall–Kier alpha value is -0.770. The first kappa shape index (κ1) is 6.35. The molecule has 0 aromatic carbocycles. The van der Waals surface area contributed by atoms with Crippen molar-refractivity contribution in [1.29, 1.82) is 5.26 Å². The lowest BCUT2D eigenvalue weighted by atomic mass is 9.68. The van der Waals surface area contributed by atoms with E-state index in [1.807, 2.05) is 6.08 Å². The van der Waals surface area contributed by atoms with E-state index in [4.69, 9.17) is 5.26 Å². The third-order valence-corrected chi connectivity index (χ3v) is 2.08. The molecule has 0 aliphatic heterocycles. The standard InChI is InChI=1S/C8H11N/c1-2-4-8(7-9)5-3-6-8/h2H,1,3-6H2. The van der Waals surface area contributed by atoms with Gasteiger partial charge in [0.2, 0.25) is 0 Å². The van der Waals surface area contributed by atoms with Crippen LogP contribution in [0.3, 0.4) is 0 Å². The zero-order chi connectivity index (χ0) is 6.74. The highest BCUT2D eigenvalue weighted by molar-refractivity contribution is 5.07. The molecule has 0 saturated heterocycles. The summed E-state index contributed by atoms with van der Waals surface area (Å²) in [6.45, 7) is 3.62. The largest absolute Gasteiger partial charge is 0.198 e. The lowest BCUT2D eigenvalue weighted by molar-refractivity contribution is 0.219. The van der Waals surface area contributed by atoms with Crippen molar-refractivity contribution in [3.63, 3.8) is 0 Å². The van der Waals surface area contributed by atoms with E-state index in [-0.39, 0.29) is 5.41 Å². The van der Waals surface area contributed by atoms with E-state index in [1.54, 1.807) is 0 Å². The van der Waals surface area contributed by atoms with Gasteiger partial charge in [0, 0.05) is 0 Å². The SMILES string of the molecule is C=CCC1(C#N)CCC1. The van der Waals surface area contributed by atoms with Gasteiger partial charge < -0.3 is 0 Å². The van der Waals surface area contributed by atoms with Crippen LogP contribution < -0.4 is 0 Å². The Labute approximate surface area is 56.0 Å². The zero-order valence-corrected chi connectivity index (χ0v) is 5.56. The Kier molecular flexibility index (Phi) is 1.57. The molecule has 1 saturated carbocycles. The van der Waals surface area contributed by atoms with Gasteiger partial charge in [-0.05, 0) is 19.3 Å². The molecule has 0 N–H and O–H groups in total. The van der Waals surface area contributed by atoms with Crippen LogP contribution in [0, 0.1) is 16.7 Å². The molecule has 0 heterocycles. The minimum absolute atomic E-state index is 0.00174. The third-order valence-electron chi connectivity index (χ3n) is 2.08. The van der Waals surface area contributed by atoms with Crippen LogP contribution in [0.25, 0.3) is 0 Å². The molecule has 1 aliphatic rings. The van der Waals surface area contributed by atoms with Crippen molar-refractivity contribution >= 4 is 0 Å². The van der Waals surface area contributed by atoms with E-state index >= 15 is 0 Å². The third kappa shape index (κ3) is 0.977. The molecule has 0 aromatic rings. The molecule has 0 spiro atoms. The first-order chi connectivity index (χ1) is 4.33. The Morgan fingerprint density at radius 1 is 1.67 bits per heavy atom. The second kappa shape index (κ2) is 2.23. The monoisotopic (exact) mass is 121 g/mol. The van der Waals surface area contributed by atoms with Crippen LogP contribution in [0.5, 0.6) is 0 Å². The van der Waals surface area contributed by atoms with Gasteiger partial charge in [-0.2, -0.15) is 5.26 Å². The molecule has 1 heteroatoms. The van der Waals surface area contributed by atoms with Crippen LogP contribution in [-0.2, 0) is 0 Å². The Balaban J connectivity index is 2.49. The molecule has 48 valence electrons. The summed E-state index contributed by atoms with van der Waals surface area (Å²) in [5.74, 6) is 0. The predicted octanol–water partition coefficient (Wildman–Crippen LogP) is 2.26. The van der Waals surface area contributed by atoms with Crippen molar-refractivity contribution in [2.24, 2.45) is 5.41 Å². The number of allylic oxidation sites excluding steroid dienone is 1. The first-order valence-corrected chi connectivity index (χ1v) is 3.35. The normalized spacial score (nSPS) is 21.7. The maximum atomic E-state index is 8.67. The van der Waals surface area contributed by atoms with Crippen molar-refractivity contribution in [2.45, 2.75) is 25.7 Å². The van der Waals surface area contributed by atoms with Crippen molar-refractivity contribution in [3.8, 4) is 6.07 Å². The summed E-state index contributed by atoms with van der Waals surface area (Å²) in [6.07, 6.45) is 6.11. The maximum Gasteiger partial charge on any atom is 0.0693 e. The van der Waals surface area contributed by atoms with E-state index in [0.29, 0.717) is 0 Å². The lowest BCUT2D eigenvalue weighted by Crippen LogP contribution is -2.26. The minimum atomic E-state index is 0.00174. The molecule has 1 fully saturated rings. The zero-order valence-electron chi connectivity index (χ0n) is 5.56. The molecule has 1 rings (SSSR count). The van der Waals surface area contributed by atoms with Crippen LogP contribution in [0.2, 0.25) is 0 Å². The van der Waals surface area contributed by atoms with E-state index in [9.17, 15) is 0 Å². The summed E-state index contributed by atoms with van der Waals surface area (Å²) in [5.41, 5.74) is 0.00174. The molecule has 1 nitrogen and oxygen atoms in total. The summed E-state index contributed by atoms with van der Waals surface area (Å²) >= 11 is 0. The van der Waals surface area contributed by atoms with Gasteiger partial charge in [-0.3, -0.25) is 0 Å². The fourth-order valence-corrected chi connectivity index (χ4v) is 1.24. The van der Waals surface area contributed by atoms with Crippen molar-refractivity contribution < 1.29 is 0 Å². The summed E-state index contributed by atoms with van der Waals surface area (Å²) in [6, 6.07) is 2.34. The highest BCUT2D eigenvalue weighted by Gasteiger charge is 2.35. The average Bonchev–Trinajstić information content (AvgIpc) is 1.79. The summed E-state index contributed by atoms with van der Waals surface area (Å²) in [7, 11) is 0. The van der Waals surface area contributed by atoms with E-state index in [2.05, 4.69) is 12.6 Å². The van der Waals surface area contributed by atoms with E-state index in [1.165, 1.54) is 6.42 Å². The molecule has 0 unspecified atom stereocenters. The van der Waals surface area contributed by atoms with Gasteiger partial charge in [-0.15, -0.1) is 6.58 Å². The molecule has 0 aromatic heterocycles. The predicted molar refractivity (Wildman–Crippen MR) is 36.7 cm³/mol. The second-order valence-corrected chi connectivity index (χ2v) is 2.74. The fraction of sp³-hybridized carbons (Fsp3) is 0.625. The second-order valence-electron chi connectivity index (χ2n) is 2.74. The molecule has 1 aliphatic carbocycles. The van der Waals surface area contributed by atoms with Crippen molar-refractivity contribution in [1.82, 2.24) is 0 Å². The Morgan fingerprint density at radius 3 is 2.44 bits per heavy atom. The van der Waals surface area contributed by atoms with Crippen LogP contribution >= 0.6 is 0 Å². The van der Waals surface area contributed by atoms with Gasteiger partial charge in [0.25, 0.3) is 0 Å². The fourth-order valence-electron chi connectivity index (χ4n) is 1.24. The number of hydrogen-bond donors (Lipinski definition) is 0. The number of nitriles is 1. The number of hydrogen-bond acceptors (Lipinski definition) is 1. The topological polar surface area (TPSA) is 23.8 Å². The lowest BCUT2D eigenvalue weighted by Gasteiger charge is -2.33. The molecular formula is C8H11N. The smallest absolute Gasteiger partial charge is 0.0693 e. The number of nitrogens with zero attached hydrogens (tertiary/aromatic N) is 1. The maximum absolute atomic E-state index is 8.67. The van der Waals surface area contributed by atoms with Gasteiger partial charge in [-0.1, -0.05) is 12.5 Å². The highest BCUT2D eigenvalue weighted by atomic mass is 14.4. The molecular weight excluding hydrogens is 110 g/mol. The highest BCUT2D eigenvalue weighted by Crippen LogP contribution is 2.43. The molecule has 0 amide bonds. The first-order valence-electron chi connectivity index (χ1n) is 3.35. The van der Waals surface area contributed by atoms with Gasteiger partial charge in [0.15, 0.2) is 0 Å². The quantitative estimate of drug-likeness (QED) is 0.514. The summed E-state index contributed by atoms with van der Waals surface area (Å²) in [4.78, 5) is 0.